The average molecular weight is 557 g/mol. The molecular formula is C23H26N5O6Y-. The van der Waals surface area contributed by atoms with Crippen molar-refractivity contribution >= 4 is 29.4 Å². The Kier molecular flexibility index (Phi) is 11.1. The maximum absolute atomic E-state index is 10.2. The standard InChI is InChI=1S/C16H21N4O2.C7H5NO4.Y/c1-17-13-6-4-11(8-15(13)21)18-16-9-14(19-20-16)10-3-5-12(7-10)22-2;9-5-12-7-3-1-6(2-4-7)8(10)11;/h4,6,8-10,12,21H,3,5,7H2,1-2H3,(H2,18,19,20);1-5H;/q-1;;. The number of carbonyl (C=O) groups excluding carboxylic acids is 1. The fraction of sp³-hybridized carbons (Fsp3) is 0.304. The molecule has 0 aliphatic heterocycles. The molecule has 12 heteroatoms. The van der Waals surface area contributed by atoms with Crippen LogP contribution >= 0.6 is 0 Å². The van der Waals surface area contributed by atoms with Gasteiger partial charge in [0.15, 0.2) is 5.82 Å². The first-order valence-corrected chi connectivity index (χ1v) is 10.6. The van der Waals surface area contributed by atoms with Crippen LogP contribution < -0.4 is 10.1 Å². The minimum atomic E-state index is -0.523. The van der Waals surface area contributed by atoms with Gasteiger partial charge in [-0.3, -0.25) is 20.0 Å². The number of aromatic hydroxyl groups is 1. The van der Waals surface area contributed by atoms with Crippen LogP contribution in [0.5, 0.6) is 11.5 Å². The number of carbonyl (C=O) groups is 1. The van der Waals surface area contributed by atoms with Crippen molar-refractivity contribution in [1.82, 2.24) is 10.2 Å². The predicted molar refractivity (Wildman–Crippen MR) is 126 cm³/mol. The van der Waals surface area contributed by atoms with Crippen LogP contribution in [0.15, 0.2) is 48.5 Å². The van der Waals surface area contributed by atoms with E-state index in [2.05, 4.69) is 25.6 Å². The molecule has 1 aromatic heterocycles. The first-order chi connectivity index (χ1) is 16.4. The number of phenols is 1. The molecule has 1 saturated carbocycles. The van der Waals surface area contributed by atoms with Crippen LogP contribution in [0.4, 0.5) is 22.9 Å². The molecule has 35 heavy (non-hydrogen) atoms. The van der Waals surface area contributed by atoms with Crippen molar-refractivity contribution in [2.24, 2.45) is 0 Å². The summed E-state index contributed by atoms with van der Waals surface area (Å²) >= 11 is 0. The zero-order chi connectivity index (χ0) is 24.5. The molecule has 3 aromatic rings. The maximum Gasteiger partial charge on any atom is 0.298 e. The molecule has 1 aliphatic rings. The zero-order valence-electron chi connectivity index (χ0n) is 19.4. The Bertz CT molecular complexity index is 1110. The van der Waals surface area contributed by atoms with Gasteiger partial charge in [-0.15, -0.1) is 7.05 Å². The van der Waals surface area contributed by atoms with Crippen molar-refractivity contribution in [3.05, 3.63) is 69.7 Å². The van der Waals surface area contributed by atoms with E-state index < -0.39 is 4.92 Å². The second-order valence-corrected chi connectivity index (χ2v) is 7.59. The third kappa shape index (κ3) is 8.02. The Balaban J connectivity index is 0.000000284. The number of hydrogen-bond donors (Lipinski definition) is 3. The number of nitrogens with zero attached hydrogens (tertiary/aromatic N) is 3. The molecule has 0 bridgehead atoms. The summed E-state index contributed by atoms with van der Waals surface area (Å²) in [5.74, 6) is 1.66. The minimum absolute atomic E-state index is 0. The number of nitro benzene ring substituents is 1. The molecule has 183 valence electrons. The van der Waals surface area contributed by atoms with E-state index in [1.54, 1.807) is 26.3 Å². The number of nitro groups is 1. The number of hydrogen-bond acceptors (Lipinski definition) is 8. The molecule has 0 saturated heterocycles. The summed E-state index contributed by atoms with van der Waals surface area (Å²) in [7, 11) is 3.42. The van der Waals surface area contributed by atoms with Gasteiger partial charge in [0.05, 0.1) is 11.0 Å². The molecule has 1 aliphatic carbocycles. The van der Waals surface area contributed by atoms with Crippen LogP contribution in [0, 0.1) is 10.1 Å². The van der Waals surface area contributed by atoms with Gasteiger partial charge in [0, 0.05) is 81.4 Å². The second-order valence-electron chi connectivity index (χ2n) is 7.59. The second kappa shape index (κ2) is 13.8. The van der Waals surface area contributed by atoms with Gasteiger partial charge in [-0.05, 0) is 37.5 Å². The predicted octanol–water partition coefficient (Wildman–Crippen LogP) is 4.90. The van der Waals surface area contributed by atoms with Crippen molar-refractivity contribution in [2.45, 2.75) is 31.3 Å². The van der Waals surface area contributed by atoms with Gasteiger partial charge in [-0.1, -0.05) is 11.8 Å². The van der Waals surface area contributed by atoms with Gasteiger partial charge in [0.2, 0.25) is 0 Å². The molecule has 0 spiro atoms. The molecular weight excluding hydrogens is 531 g/mol. The molecule has 0 amide bonds. The number of phenolic OH excluding ortho intramolecular Hbond substituents is 1. The number of aromatic amines is 1. The Hall–Kier alpha value is -3.02. The van der Waals surface area contributed by atoms with Crippen LogP contribution in [-0.4, -0.2) is 47.0 Å². The van der Waals surface area contributed by atoms with Crippen LogP contribution in [0.25, 0.3) is 5.32 Å². The van der Waals surface area contributed by atoms with Gasteiger partial charge in [0.25, 0.3) is 12.2 Å². The number of methoxy groups -OCH3 is 1. The first-order valence-electron chi connectivity index (χ1n) is 10.6. The summed E-state index contributed by atoms with van der Waals surface area (Å²) in [6, 6.07) is 12.5. The molecule has 2 atom stereocenters. The summed E-state index contributed by atoms with van der Waals surface area (Å²) in [4.78, 5) is 19.5. The van der Waals surface area contributed by atoms with Crippen LogP contribution in [0.2, 0.25) is 0 Å². The van der Waals surface area contributed by atoms with Crippen molar-refractivity contribution in [3.63, 3.8) is 0 Å². The quantitative estimate of drug-likeness (QED) is 0.201. The number of ether oxygens (including phenoxy) is 2. The van der Waals surface area contributed by atoms with Gasteiger partial charge >= 0.3 is 0 Å². The number of rotatable bonds is 8. The molecule has 2 aromatic carbocycles. The van der Waals surface area contributed by atoms with Crippen molar-refractivity contribution in [1.29, 1.82) is 0 Å². The Morgan fingerprint density at radius 2 is 1.97 bits per heavy atom. The number of H-pyrrole nitrogens is 1. The number of anilines is 2. The van der Waals surface area contributed by atoms with E-state index in [4.69, 9.17) is 4.74 Å². The molecule has 11 nitrogen and oxygen atoms in total. The monoisotopic (exact) mass is 557 g/mol. The summed E-state index contributed by atoms with van der Waals surface area (Å²) in [5.41, 5.74) is 2.45. The number of nitrogens with one attached hydrogen (secondary N) is 2. The zero-order valence-corrected chi connectivity index (χ0v) is 22.2. The van der Waals surface area contributed by atoms with E-state index in [1.165, 1.54) is 24.3 Å². The fourth-order valence-corrected chi connectivity index (χ4v) is 3.69. The average Bonchev–Trinajstić information content (AvgIpc) is 3.50. The molecule has 1 heterocycles. The SMILES string of the molecule is C[N-]c1ccc(Nc2cc(C3CCC(OC)C3)[nH]n2)cc1O.O=COc1ccc([N+](=O)[O-])cc1.[Y]. The van der Waals surface area contributed by atoms with E-state index in [1.807, 2.05) is 12.1 Å². The fourth-order valence-electron chi connectivity index (χ4n) is 3.69. The van der Waals surface area contributed by atoms with E-state index in [-0.39, 0.29) is 56.4 Å². The van der Waals surface area contributed by atoms with Crippen molar-refractivity contribution in [3.8, 4) is 11.5 Å². The molecule has 2 unspecified atom stereocenters. The largest absolute Gasteiger partial charge is 0.684 e. The molecule has 1 fully saturated rings. The van der Waals surface area contributed by atoms with E-state index in [0.29, 0.717) is 17.7 Å². The minimum Gasteiger partial charge on any atom is -0.684 e. The molecule has 3 N–H and O–H groups in total. The summed E-state index contributed by atoms with van der Waals surface area (Å²) in [6.07, 6.45) is 3.60. The Morgan fingerprint density at radius 3 is 2.54 bits per heavy atom. The van der Waals surface area contributed by atoms with Crippen LogP contribution in [-0.2, 0) is 42.2 Å². The summed E-state index contributed by atoms with van der Waals surface area (Å²) in [6.45, 7) is 0.265. The van der Waals surface area contributed by atoms with Gasteiger partial charge < -0.3 is 25.2 Å². The number of aromatic nitrogens is 2. The Labute approximate surface area is 227 Å². The van der Waals surface area contributed by atoms with E-state index in [0.717, 1.165) is 36.5 Å². The first kappa shape index (κ1) is 28.2. The van der Waals surface area contributed by atoms with E-state index >= 15 is 0 Å². The normalized spacial score (nSPS) is 16.3. The topological polar surface area (TPSA) is 154 Å². The third-order valence-electron chi connectivity index (χ3n) is 5.48. The number of non-ortho nitro benzene ring substituents is 1. The van der Waals surface area contributed by atoms with E-state index in [9.17, 15) is 20.0 Å². The van der Waals surface area contributed by atoms with Crippen molar-refractivity contribution < 1.29 is 57.0 Å². The van der Waals surface area contributed by atoms with Crippen molar-refractivity contribution in [2.75, 3.05) is 19.5 Å². The van der Waals surface area contributed by atoms with Gasteiger partial charge in [-0.25, -0.2) is 0 Å². The smallest absolute Gasteiger partial charge is 0.298 e. The summed E-state index contributed by atoms with van der Waals surface area (Å²) in [5, 5.41) is 34.6. The van der Waals surface area contributed by atoms with Crippen LogP contribution in [0.3, 0.4) is 0 Å². The molecule has 1 radical (unpaired) electrons. The third-order valence-corrected chi connectivity index (χ3v) is 5.48. The maximum atomic E-state index is 10.2. The number of benzene rings is 2. The van der Waals surface area contributed by atoms with Gasteiger partial charge in [0.1, 0.15) is 11.5 Å². The Morgan fingerprint density at radius 1 is 1.23 bits per heavy atom. The van der Waals surface area contributed by atoms with Crippen LogP contribution in [0.1, 0.15) is 30.9 Å². The van der Waals surface area contributed by atoms with Gasteiger partial charge in [-0.2, -0.15) is 5.10 Å². The summed E-state index contributed by atoms with van der Waals surface area (Å²) < 4.78 is 9.85. The molecule has 4 rings (SSSR count).